The van der Waals surface area contributed by atoms with Gasteiger partial charge < -0.3 is 20.1 Å². The van der Waals surface area contributed by atoms with E-state index in [-0.39, 0.29) is 19.6 Å². The van der Waals surface area contributed by atoms with Gasteiger partial charge >= 0.3 is 12.1 Å². The van der Waals surface area contributed by atoms with E-state index in [4.69, 9.17) is 4.74 Å². The van der Waals surface area contributed by atoms with Gasteiger partial charge in [-0.3, -0.25) is 14.4 Å². The molecule has 2 aliphatic heterocycles. The number of aliphatic carboxylic acids is 1. The number of piperidine rings is 1. The van der Waals surface area contributed by atoms with Crippen molar-refractivity contribution in [3.05, 3.63) is 0 Å². The zero-order chi connectivity index (χ0) is 17.6. The van der Waals surface area contributed by atoms with Gasteiger partial charge in [0.05, 0.1) is 5.41 Å². The van der Waals surface area contributed by atoms with Crippen molar-refractivity contribution < 1.29 is 29.0 Å². The Kier molecular flexibility index (Phi) is 3.90. The maximum Gasteiger partial charge on any atom is 0.410 e. The zero-order valence-electron chi connectivity index (χ0n) is 13.8. The summed E-state index contributed by atoms with van der Waals surface area (Å²) in [4.78, 5) is 49.6. The average Bonchev–Trinajstić information content (AvgIpc) is 2.85. The number of ether oxygens (including phenoxy) is 1. The Morgan fingerprint density at radius 3 is 2.43 bits per heavy atom. The fraction of sp³-hybridized carbons (Fsp3) is 0.733. The number of carbonyl (C=O) groups is 4. The molecule has 8 nitrogen and oxygen atoms in total. The maximum absolute atomic E-state index is 12.8. The van der Waals surface area contributed by atoms with Gasteiger partial charge in [-0.25, -0.2) is 4.79 Å². The Hall–Kier alpha value is -2.12. The number of carboxylic acids is 1. The number of rotatable bonds is 1. The number of nitrogens with zero attached hydrogens (tertiary/aromatic N) is 1. The fourth-order valence-electron chi connectivity index (χ4n) is 3.02. The summed E-state index contributed by atoms with van der Waals surface area (Å²) in [6.07, 6.45) is -0.245. The number of amides is 2. The quantitative estimate of drug-likeness (QED) is 0.675. The van der Waals surface area contributed by atoms with Gasteiger partial charge in [-0.15, -0.1) is 0 Å². The first-order valence-corrected chi connectivity index (χ1v) is 7.47. The second-order valence-corrected chi connectivity index (χ2v) is 7.37. The molecule has 2 rings (SSSR count). The lowest BCUT2D eigenvalue weighted by Gasteiger charge is -2.39. The molecule has 8 heteroatoms. The Labute approximate surface area is 134 Å². The van der Waals surface area contributed by atoms with Crippen LogP contribution in [-0.2, 0) is 19.1 Å². The Morgan fingerprint density at radius 1 is 1.30 bits per heavy atom. The van der Waals surface area contributed by atoms with Gasteiger partial charge in [0.1, 0.15) is 5.60 Å². The highest BCUT2D eigenvalue weighted by atomic mass is 16.6. The molecular weight excluding hydrogens is 304 g/mol. The molecule has 0 aromatic rings. The summed E-state index contributed by atoms with van der Waals surface area (Å²) >= 11 is 0. The van der Waals surface area contributed by atoms with E-state index >= 15 is 0 Å². The number of carboxylic acid groups (broad SMARTS) is 1. The molecule has 0 aliphatic carbocycles. The average molecular weight is 326 g/mol. The number of hydrogen-bond donors (Lipinski definition) is 2. The number of Topliss-reactive ketones (excluding diaryl/α,β-unsaturated/α-hetero) is 1. The highest BCUT2D eigenvalue weighted by Crippen LogP contribution is 2.41. The van der Waals surface area contributed by atoms with Crippen LogP contribution in [0, 0.1) is 10.8 Å². The number of ketones is 1. The molecule has 2 N–H and O–H groups in total. The van der Waals surface area contributed by atoms with Crippen molar-refractivity contribution in [3.63, 3.8) is 0 Å². The van der Waals surface area contributed by atoms with E-state index in [0.29, 0.717) is 6.42 Å². The molecule has 2 atom stereocenters. The van der Waals surface area contributed by atoms with Gasteiger partial charge in [-0.1, -0.05) is 0 Å². The first kappa shape index (κ1) is 17.2. The number of carbonyl (C=O) groups excluding carboxylic acids is 3. The van der Waals surface area contributed by atoms with E-state index in [0.717, 1.165) is 6.92 Å². The molecule has 0 radical (unpaired) electrons. The van der Waals surface area contributed by atoms with Gasteiger partial charge in [0.15, 0.2) is 5.78 Å². The van der Waals surface area contributed by atoms with Gasteiger partial charge in [0.2, 0.25) is 11.3 Å². The van der Waals surface area contributed by atoms with Crippen molar-refractivity contribution in [3.8, 4) is 0 Å². The Morgan fingerprint density at radius 2 is 1.91 bits per heavy atom. The molecule has 0 bridgehead atoms. The van der Waals surface area contributed by atoms with E-state index in [1.54, 1.807) is 20.8 Å². The van der Waals surface area contributed by atoms with E-state index in [1.807, 2.05) is 0 Å². The minimum atomic E-state index is -2.12. The van der Waals surface area contributed by atoms with Gasteiger partial charge in [0, 0.05) is 19.6 Å². The fourth-order valence-corrected chi connectivity index (χ4v) is 3.02. The minimum absolute atomic E-state index is 0.0346. The minimum Gasteiger partial charge on any atom is -0.480 e. The van der Waals surface area contributed by atoms with Crippen LogP contribution in [0.2, 0.25) is 0 Å². The topological polar surface area (TPSA) is 113 Å². The van der Waals surface area contributed by atoms with Crippen LogP contribution >= 0.6 is 0 Å². The van der Waals surface area contributed by atoms with Crippen LogP contribution in [0.15, 0.2) is 0 Å². The summed E-state index contributed by atoms with van der Waals surface area (Å²) in [7, 11) is 0. The molecule has 2 saturated heterocycles. The lowest BCUT2D eigenvalue weighted by Crippen LogP contribution is -2.64. The second kappa shape index (κ2) is 5.21. The molecule has 2 aliphatic rings. The second-order valence-electron chi connectivity index (χ2n) is 7.37. The van der Waals surface area contributed by atoms with Gasteiger partial charge in [0.25, 0.3) is 0 Å². The van der Waals surface area contributed by atoms with Crippen LogP contribution in [-0.4, -0.2) is 59.0 Å². The molecule has 0 aromatic carbocycles. The van der Waals surface area contributed by atoms with E-state index in [2.05, 4.69) is 5.32 Å². The molecule has 128 valence electrons. The molecule has 2 unspecified atom stereocenters. The van der Waals surface area contributed by atoms with Crippen LogP contribution in [0.25, 0.3) is 0 Å². The predicted molar refractivity (Wildman–Crippen MR) is 78.6 cm³/mol. The third-order valence-electron chi connectivity index (χ3n) is 4.41. The zero-order valence-corrected chi connectivity index (χ0v) is 13.8. The maximum atomic E-state index is 12.8. The van der Waals surface area contributed by atoms with E-state index in [1.165, 1.54) is 4.90 Å². The number of likely N-dealkylation sites (tertiary alicyclic amines) is 1. The molecular formula is C15H22N2O6. The molecule has 2 amide bonds. The standard InChI is InChI=1S/C15H22N2O6/c1-13(2,3)23-12(22)17-6-5-15(8-17)7-16-10(19)14(4,9(15)18)11(20)21/h5-8H2,1-4H3,(H,16,19)(H,20,21). The van der Waals surface area contributed by atoms with Crippen LogP contribution in [0.4, 0.5) is 4.79 Å². The lowest BCUT2D eigenvalue weighted by atomic mass is 9.66. The monoisotopic (exact) mass is 326 g/mol. The van der Waals surface area contributed by atoms with Crippen LogP contribution in [0.1, 0.15) is 34.1 Å². The van der Waals surface area contributed by atoms with Crippen molar-refractivity contribution in [2.24, 2.45) is 10.8 Å². The van der Waals surface area contributed by atoms with Gasteiger partial charge in [-0.05, 0) is 34.1 Å². The SMILES string of the molecule is CC(C)(C)OC(=O)N1CCC2(CNC(=O)C(C)(C(=O)O)C2=O)C1. The van der Waals surface area contributed by atoms with Crippen LogP contribution in [0.3, 0.4) is 0 Å². The van der Waals surface area contributed by atoms with Crippen LogP contribution in [0.5, 0.6) is 0 Å². The summed E-state index contributed by atoms with van der Waals surface area (Å²) in [6.45, 7) is 6.70. The van der Waals surface area contributed by atoms with Crippen molar-refractivity contribution in [1.29, 1.82) is 0 Å². The summed E-state index contributed by atoms with van der Waals surface area (Å²) < 4.78 is 5.28. The highest BCUT2D eigenvalue weighted by molar-refractivity contribution is 6.24. The molecule has 2 heterocycles. The molecule has 0 saturated carbocycles. The third kappa shape index (κ3) is 2.77. The van der Waals surface area contributed by atoms with Crippen LogP contribution < -0.4 is 5.32 Å². The Balaban J connectivity index is 2.22. The van der Waals surface area contributed by atoms with E-state index < -0.39 is 40.2 Å². The first-order chi connectivity index (χ1) is 10.4. The number of hydrogen-bond acceptors (Lipinski definition) is 5. The smallest absolute Gasteiger partial charge is 0.410 e. The molecule has 0 aromatic heterocycles. The summed E-state index contributed by atoms with van der Waals surface area (Å²) in [5.41, 5.74) is -3.85. The Bertz CT molecular complexity index is 581. The molecule has 2 fully saturated rings. The van der Waals surface area contributed by atoms with Crippen molar-refractivity contribution >= 4 is 23.8 Å². The van der Waals surface area contributed by atoms with Crippen molar-refractivity contribution in [2.45, 2.75) is 39.7 Å². The third-order valence-corrected chi connectivity index (χ3v) is 4.41. The van der Waals surface area contributed by atoms with Gasteiger partial charge in [-0.2, -0.15) is 0 Å². The van der Waals surface area contributed by atoms with Crippen molar-refractivity contribution in [1.82, 2.24) is 10.2 Å². The van der Waals surface area contributed by atoms with Crippen molar-refractivity contribution in [2.75, 3.05) is 19.6 Å². The van der Waals surface area contributed by atoms with E-state index in [9.17, 15) is 24.3 Å². The normalized spacial score (nSPS) is 31.2. The first-order valence-electron chi connectivity index (χ1n) is 7.47. The summed E-state index contributed by atoms with van der Waals surface area (Å²) in [6, 6.07) is 0. The highest BCUT2D eigenvalue weighted by Gasteiger charge is 2.62. The predicted octanol–water partition coefficient (Wildman–Crippen LogP) is 0.403. The summed E-state index contributed by atoms with van der Waals surface area (Å²) in [5, 5.41) is 11.8. The summed E-state index contributed by atoms with van der Waals surface area (Å²) in [5.74, 6) is -2.93. The lowest BCUT2D eigenvalue weighted by molar-refractivity contribution is -0.166. The molecule has 1 spiro atoms. The largest absolute Gasteiger partial charge is 0.480 e. The molecule has 23 heavy (non-hydrogen) atoms. The number of nitrogens with one attached hydrogen (secondary N) is 1.